The minimum atomic E-state index is 0.335. The molecule has 0 aliphatic carbocycles. The van der Waals surface area contributed by atoms with Crippen LogP contribution in [0.4, 0.5) is 0 Å². The third kappa shape index (κ3) is 2.11. The Morgan fingerprint density at radius 3 is 2.50 bits per heavy atom. The maximum Gasteiger partial charge on any atom is 0.224 e. The lowest BCUT2D eigenvalue weighted by Crippen LogP contribution is -2.44. The average molecular weight is 261 g/mol. The molecule has 0 spiro atoms. The normalized spacial score (nSPS) is 31.4. The van der Waals surface area contributed by atoms with Crippen molar-refractivity contribution in [2.45, 2.75) is 30.1 Å². The Bertz CT molecular complexity index is 226. The van der Waals surface area contributed by atoms with Crippen LogP contribution < -0.4 is 0 Å². The zero-order valence-electron chi connectivity index (χ0n) is 8.58. The first-order valence-corrected chi connectivity index (χ1v) is 6.20. The van der Waals surface area contributed by atoms with Gasteiger partial charge in [0.2, 0.25) is 5.91 Å². The molecule has 0 aromatic rings. The number of nitrogens with zero attached hydrogens (tertiary/aromatic N) is 2. The van der Waals surface area contributed by atoms with E-state index in [4.69, 9.17) is 0 Å². The summed E-state index contributed by atoms with van der Waals surface area (Å²) in [5.74, 6) is 0.335. The van der Waals surface area contributed by atoms with E-state index in [0.29, 0.717) is 23.2 Å². The van der Waals surface area contributed by atoms with Gasteiger partial charge in [-0.2, -0.15) is 0 Å². The van der Waals surface area contributed by atoms with Gasteiger partial charge in [0.25, 0.3) is 0 Å². The SMILES string of the molecule is CN1CCC(N2CC(Br)CC2=O)CC1. The predicted molar refractivity (Wildman–Crippen MR) is 59.6 cm³/mol. The second-order valence-corrected chi connectivity index (χ2v) is 5.68. The van der Waals surface area contributed by atoms with Gasteiger partial charge in [0.1, 0.15) is 0 Å². The lowest BCUT2D eigenvalue weighted by Gasteiger charge is -2.35. The first-order valence-electron chi connectivity index (χ1n) is 5.29. The van der Waals surface area contributed by atoms with Crippen molar-refractivity contribution < 1.29 is 4.79 Å². The molecule has 80 valence electrons. The Balaban J connectivity index is 1.92. The standard InChI is InChI=1S/C10H17BrN2O/c1-12-4-2-9(3-5-12)13-7-8(11)6-10(13)14/h8-9H,2-7H2,1H3. The molecular formula is C10H17BrN2O. The lowest BCUT2D eigenvalue weighted by molar-refractivity contribution is -0.130. The number of piperidine rings is 1. The van der Waals surface area contributed by atoms with E-state index in [9.17, 15) is 4.79 Å². The van der Waals surface area contributed by atoms with Crippen LogP contribution in [-0.4, -0.2) is 53.3 Å². The van der Waals surface area contributed by atoms with E-state index in [-0.39, 0.29) is 0 Å². The fourth-order valence-corrected chi connectivity index (χ4v) is 2.93. The molecule has 1 atom stereocenters. The molecule has 2 heterocycles. The van der Waals surface area contributed by atoms with Crippen molar-refractivity contribution in [3.8, 4) is 0 Å². The van der Waals surface area contributed by atoms with E-state index < -0.39 is 0 Å². The molecule has 0 radical (unpaired) electrons. The number of alkyl halides is 1. The fourth-order valence-electron chi connectivity index (χ4n) is 2.35. The summed E-state index contributed by atoms with van der Waals surface area (Å²) >= 11 is 3.52. The minimum Gasteiger partial charge on any atom is -0.338 e. The summed E-state index contributed by atoms with van der Waals surface area (Å²) in [4.78, 5) is 16.4. The van der Waals surface area contributed by atoms with Crippen molar-refractivity contribution in [2.75, 3.05) is 26.7 Å². The topological polar surface area (TPSA) is 23.6 Å². The second-order valence-electron chi connectivity index (χ2n) is 4.38. The molecule has 1 unspecified atom stereocenters. The molecule has 1 amide bonds. The summed E-state index contributed by atoms with van der Waals surface area (Å²) in [6.07, 6.45) is 2.97. The first-order chi connectivity index (χ1) is 6.66. The molecule has 3 nitrogen and oxygen atoms in total. The van der Waals surface area contributed by atoms with Crippen LogP contribution in [0.1, 0.15) is 19.3 Å². The third-order valence-electron chi connectivity index (χ3n) is 3.24. The third-order valence-corrected chi connectivity index (χ3v) is 3.85. The average Bonchev–Trinajstić information content (AvgIpc) is 2.47. The van der Waals surface area contributed by atoms with Gasteiger partial charge in [-0.05, 0) is 33.0 Å². The van der Waals surface area contributed by atoms with E-state index in [1.54, 1.807) is 0 Å². The lowest BCUT2D eigenvalue weighted by atomic mass is 10.0. The number of amides is 1. The van der Waals surface area contributed by atoms with Gasteiger partial charge < -0.3 is 9.80 Å². The summed E-state index contributed by atoms with van der Waals surface area (Å²) in [5.41, 5.74) is 0. The van der Waals surface area contributed by atoms with Crippen molar-refractivity contribution in [3.05, 3.63) is 0 Å². The molecule has 4 heteroatoms. The summed E-state index contributed by atoms with van der Waals surface area (Å²) < 4.78 is 0. The molecule has 2 saturated heterocycles. The predicted octanol–water partition coefficient (Wildman–Crippen LogP) is 1.08. The number of rotatable bonds is 1. The highest BCUT2D eigenvalue weighted by Crippen LogP contribution is 2.24. The monoisotopic (exact) mass is 260 g/mol. The Morgan fingerprint density at radius 2 is 2.00 bits per heavy atom. The van der Waals surface area contributed by atoms with Crippen molar-refractivity contribution in [3.63, 3.8) is 0 Å². The van der Waals surface area contributed by atoms with Gasteiger partial charge in [0.05, 0.1) is 0 Å². The van der Waals surface area contributed by atoms with E-state index in [1.807, 2.05) is 0 Å². The van der Waals surface area contributed by atoms with Crippen molar-refractivity contribution in [1.29, 1.82) is 0 Å². The van der Waals surface area contributed by atoms with Crippen molar-refractivity contribution >= 4 is 21.8 Å². The van der Waals surface area contributed by atoms with E-state index in [2.05, 4.69) is 32.8 Å². The van der Waals surface area contributed by atoms with Gasteiger partial charge in [-0.1, -0.05) is 15.9 Å². The second kappa shape index (κ2) is 4.19. The number of halogens is 1. The highest BCUT2D eigenvalue weighted by molar-refractivity contribution is 9.09. The number of carbonyl (C=O) groups is 1. The van der Waals surface area contributed by atoms with Crippen LogP contribution in [0.25, 0.3) is 0 Å². The molecule has 0 aromatic heterocycles. The largest absolute Gasteiger partial charge is 0.338 e. The van der Waals surface area contributed by atoms with Gasteiger partial charge in [0.15, 0.2) is 0 Å². The Morgan fingerprint density at radius 1 is 1.36 bits per heavy atom. The molecular weight excluding hydrogens is 244 g/mol. The first kappa shape index (κ1) is 10.4. The molecule has 0 saturated carbocycles. The van der Waals surface area contributed by atoms with Gasteiger partial charge in [-0.25, -0.2) is 0 Å². The summed E-state index contributed by atoms with van der Waals surface area (Å²) in [6, 6.07) is 0.501. The van der Waals surface area contributed by atoms with Crippen LogP contribution in [0.2, 0.25) is 0 Å². The molecule has 2 rings (SSSR count). The molecule has 2 aliphatic heterocycles. The summed E-state index contributed by atoms with van der Waals surface area (Å²) in [5, 5.41) is 0. The Labute approximate surface area is 93.6 Å². The maximum atomic E-state index is 11.6. The summed E-state index contributed by atoms with van der Waals surface area (Å²) in [7, 11) is 2.15. The molecule has 14 heavy (non-hydrogen) atoms. The van der Waals surface area contributed by atoms with Crippen LogP contribution in [0.5, 0.6) is 0 Å². The van der Waals surface area contributed by atoms with Crippen LogP contribution in [0, 0.1) is 0 Å². The maximum absolute atomic E-state index is 11.6. The van der Waals surface area contributed by atoms with E-state index >= 15 is 0 Å². The molecule has 2 fully saturated rings. The van der Waals surface area contributed by atoms with Gasteiger partial charge in [-0.3, -0.25) is 4.79 Å². The van der Waals surface area contributed by atoms with Crippen LogP contribution in [-0.2, 0) is 4.79 Å². The number of carbonyl (C=O) groups excluding carboxylic acids is 1. The van der Waals surface area contributed by atoms with Crippen molar-refractivity contribution in [1.82, 2.24) is 9.80 Å². The van der Waals surface area contributed by atoms with Crippen molar-refractivity contribution in [2.24, 2.45) is 0 Å². The molecule has 0 bridgehead atoms. The number of hydrogen-bond donors (Lipinski definition) is 0. The quantitative estimate of drug-likeness (QED) is 0.659. The van der Waals surface area contributed by atoms with Crippen LogP contribution in [0.3, 0.4) is 0 Å². The van der Waals surface area contributed by atoms with Crippen LogP contribution >= 0.6 is 15.9 Å². The van der Waals surface area contributed by atoms with Gasteiger partial charge in [0, 0.05) is 23.8 Å². The highest BCUT2D eigenvalue weighted by Gasteiger charge is 2.33. The number of likely N-dealkylation sites (tertiary alicyclic amines) is 2. The molecule has 2 aliphatic rings. The van der Waals surface area contributed by atoms with Gasteiger partial charge in [-0.15, -0.1) is 0 Å². The number of hydrogen-bond acceptors (Lipinski definition) is 2. The minimum absolute atomic E-state index is 0.335. The highest BCUT2D eigenvalue weighted by atomic mass is 79.9. The smallest absolute Gasteiger partial charge is 0.224 e. The molecule has 0 N–H and O–H groups in total. The van der Waals surface area contributed by atoms with E-state index in [1.165, 1.54) is 0 Å². The van der Waals surface area contributed by atoms with E-state index in [0.717, 1.165) is 32.5 Å². The Kier molecular flexibility index (Phi) is 3.12. The summed E-state index contributed by atoms with van der Waals surface area (Å²) in [6.45, 7) is 3.16. The fraction of sp³-hybridized carbons (Fsp3) is 0.900. The zero-order valence-corrected chi connectivity index (χ0v) is 10.2. The van der Waals surface area contributed by atoms with Gasteiger partial charge >= 0.3 is 0 Å². The van der Waals surface area contributed by atoms with Crippen LogP contribution in [0.15, 0.2) is 0 Å². The Hall–Kier alpha value is -0.0900. The molecule has 0 aromatic carbocycles. The zero-order chi connectivity index (χ0) is 10.1.